The quantitative estimate of drug-likeness (QED) is 0.792. The summed E-state index contributed by atoms with van der Waals surface area (Å²) in [5, 5.41) is 0.443. The van der Waals surface area contributed by atoms with E-state index in [0.29, 0.717) is 22.8 Å². The van der Waals surface area contributed by atoms with Gasteiger partial charge in [0.25, 0.3) is 0 Å². The number of hydrogen-bond donors (Lipinski definition) is 0. The van der Waals surface area contributed by atoms with Gasteiger partial charge in [-0.1, -0.05) is 48.0 Å². The molecule has 4 nitrogen and oxygen atoms in total. The fourth-order valence-electron chi connectivity index (χ4n) is 4.06. The Bertz CT molecular complexity index is 879. The van der Waals surface area contributed by atoms with Crippen molar-refractivity contribution in [3.05, 3.63) is 64.2 Å². The Morgan fingerprint density at radius 3 is 2.76 bits per heavy atom. The smallest absolute Gasteiger partial charge is 0.240 e. The van der Waals surface area contributed by atoms with Crippen molar-refractivity contribution in [3.63, 3.8) is 0 Å². The average molecular weight is 356 g/mol. The van der Waals surface area contributed by atoms with Crippen LogP contribution in [0.25, 0.3) is 0 Å². The summed E-state index contributed by atoms with van der Waals surface area (Å²) in [6.45, 7) is 0.178. The van der Waals surface area contributed by atoms with Gasteiger partial charge in [0.2, 0.25) is 11.8 Å². The molecule has 0 N–H and O–H groups in total. The van der Waals surface area contributed by atoms with Gasteiger partial charge >= 0.3 is 0 Å². The summed E-state index contributed by atoms with van der Waals surface area (Å²) >= 11 is 6.34. The lowest BCUT2D eigenvalue weighted by molar-refractivity contribution is -0.140. The first-order valence-corrected chi connectivity index (χ1v) is 8.69. The van der Waals surface area contributed by atoms with Crippen molar-refractivity contribution in [1.29, 1.82) is 0 Å². The van der Waals surface area contributed by atoms with Crippen LogP contribution < -0.4 is 4.74 Å². The van der Waals surface area contributed by atoms with Gasteiger partial charge in [-0.3, -0.25) is 14.5 Å². The molecule has 1 saturated heterocycles. The highest BCUT2D eigenvalue weighted by Gasteiger charge is 2.55. The largest absolute Gasteiger partial charge is 0.495 e. The zero-order chi connectivity index (χ0) is 17.6. The summed E-state index contributed by atoms with van der Waals surface area (Å²) in [7, 11) is 1.54. The van der Waals surface area contributed by atoms with E-state index in [4.69, 9.17) is 16.3 Å². The lowest BCUT2D eigenvalue weighted by Crippen LogP contribution is -2.36. The average Bonchev–Trinajstić information content (AvgIpc) is 3.10. The molecule has 1 atom stereocenters. The standard InChI is InChI=1S/C20H18ClNO3/c1-25-16-8-4-6-14(18(16)21)12-22-17(23)11-20(19(22)24)10-9-13-5-2-3-7-15(13)20/h2-8H,9-12H2,1H3. The van der Waals surface area contributed by atoms with Gasteiger partial charge in [-0.25, -0.2) is 0 Å². The number of hydrogen-bond acceptors (Lipinski definition) is 3. The molecule has 2 amide bonds. The summed E-state index contributed by atoms with van der Waals surface area (Å²) in [4.78, 5) is 27.2. The maximum atomic E-state index is 13.2. The molecule has 1 fully saturated rings. The summed E-state index contributed by atoms with van der Waals surface area (Å²) in [5.41, 5.74) is 2.20. The summed E-state index contributed by atoms with van der Waals surface area (Å²) < 4.78 is 5.22. The van der Waals surface area contributed by atoms with Gasteiger partial charge in [0.1, 0.15) is 5.75 Å². The van der Waals surface area contributed by atoms with E-state index in [9.17, 15) is 9.59 Å². The molecule has 0 radical (unpaired) electrons. The second-order valence-corrected chi connectivity index (χ2v) is 7.01. The Morgan fingerprint density at radius 2 is 1.96 bits per heavy atom. The summed E-state index contributed by atoms with van der Waals surface area (Å²) in [5.74, 6) is 0.293. The highest BCUT2D eigenvalue weighted by Crippen LogP contribution is 2.47. The number of methoxy groups -OCH3 is 1. The minimum absolute atomic E-state index is 0.110. The number of carbonyl (C=O) groups excluding carboxylic acids is 2. The third-order valence-corrected chi connectivity index (χ3v) is 5.78. The molecule has 1 spiro atoms. The summed E-state index contributed by atoms with van der Waals surface area (Å²) in [6.07, 6.45) is 1.77. The lowest BCUT2D eigenvalue weighted by Gasteiger charge is -2.23. The van der Waals surface area contributed by atoms with Crippen LogP contribution in [0, 0.1) is 0 Å². The number of ether oxygens (including phenoxy) is 1. The molecule has 4 rings (SSSR count). The van der Waals surface area contributed by atoms with Crippen LogP contribution in [0.5, 0.6) is 5.75 Å². The van der Waals surface area contributed by atoms with Crippen molar-refractivity contribution >= 4 is 23.4 Å². The number of fused-ring (bicyclic) bond motifs is 2. The minimum atomic E-state index is -0.695. The Hall–Kier alpha value is -2.33. The third-order valence-electron chi connectivity index (χ3n) is 5.35. The van der Waals surface area contributed by atoms with Crippen LogP contribution in [0.2, 0.25) is 5.02 Å². The highest BCUT2D eigenvalue weighted by atomic mass is 35.5. The van der Waals surface area contributed by atoms with Crippen LogP contribution in [0.15, 0.2) is 42.5 Å². The van der Waals surface area contributed by atoms with Crippen molar-refractivity contribution < 1.29 is 14.3 Å². The van der Waals surface area contributed by atoms with Crippen LogP contribution in [0.3, 0.4) is 0 Å². The number of amides is 2. The molecule has 1 heterocycles. The third kappa shape index (κ3) is 2.35. The molecule has 2 aliphatic rings. The van der Waals surface area contributed by atoms with Crippen molar-refractivity contribution in [2.45, 2.75) is 31.2 Å². The number of rotatable bonds is 3. The molecule has 1 aliphatic heterocycles. The van der Waals surface area contributed by atoms with Gasteiger partial charge in [0.05, 0.1) is 24.1 Å². The number of nitrogens with zero attached hydrogens (tertiary/aromatic N) is 1. The number of imide groups is 1. The Kier molecular flexibility index (Phi) is 3.80. The fraction of sp³-hybridized carbons (Fsp3) is 0.300. The molecule has 2 aromatic rings. The van der Waals surface area contributed by atoms with Gasteiger partial charge in [0, 0.05) is 6.42 Å². The van der Waals surface area contributed by atoms with E-state index < -0.39 is 5.41 Å². The van der Waals surface area contributed by atoms with Crippen LogP contribution in [0.4, 0.5) is 0 Å². The topological polar surface area (TPSA) is 46.6 Å². The molecule has 128 valence electrons. The molecule has 0 bridgehead atoms. The van der Waals surface area contributed by atoms with E-state index in [2.05, 4.69) is 0 Å². The van der Waals surface area contributed by atoms with Crippen LogP contribution >= 0.6 is 11.6 Å². The first kappa shape index (κ1) is 16.2. The van der Waals surface area contributed by atoms with E-state index in [0.717, 1.165) is 12.0 Å². The zero-order valence-corrected chi connectivity index (χ0v) is 14.7. The first-order valence-electron chi connectivity index (χ1n) is 8.31. The molecule has 25 heavy (non-hydrogen) atoms. The molecular weight excluding hydrogens is 338 g/mol. The van der Waals surface area contributed by atoms with E-state index in [1.807, 2.05) is 36.4 Å². The molecule has 1 unspecified atom stereocenters. The lowest BCUT2D eigenvalue weighted by atomic mass is 9.80. The van der Waals surface area contributed by atoms with E-state index in [1.165, 1.54) is 10.5 Å². The number of halogens is 1. The van der Waals surface area contributed by atoms with Gasteiger partial charge in [0.15, 0.2) is 0 Å². The molecule has 0 aromatic heterocycles. The van der Waals surface area contributed by atoms with Crippen molar-refractivity contribution in [1.82, 2.24) is 4.90 Å². The van der Waals surface area contributed by atoms with Crippen molar-refractivity contribution in [3.8, 4) is 5.75 Å². The van der Waals surface area contributed by atoms with Gasteiger partial charge < -0.3 is 4.74 Å². The Labute approximate surface area is 151 Å². The van der Waals surface area contributed by atoms with Crippen molar-refractivity contribution in [2.24, 2.45) is 0 Å². The molecule has 2 aromatic carbocycles. The molecule has 0 saturated carbocycles. The molecule has 5 heteroatoms. The second kappa shape index (κ2) is 5.88. The Balaban J connectivity index is 1.68. The SMILES string of the molecule is COc1cccc(CN2C(=O)CC3(CCc4ccccc43)C2=O)c1Cl. The fourth-order valence-corrected chi connectivity index (χ4v) is 4.32. The normalized spacial score (nSPS) is 21.9. The monoisotopic (exact) mass is 355 g/mol. The number of benzene rings is 2. The van der Waals surface area contributed by atoms with Crippen molar-refractivity contribution in [2.75, 3.05) is 7.11 Å². The van der Waals surface area contributed by atoms with Crippen LogP contribution in [-0.4, -0.2) is 23.8 Å². The first-order chi connectivity index (χ1) is 12.1. The highest BCUT2D eigenvalue weighted by molar-refractivity contribution is 6.32. The molecule has 1 aliphatic carbocycles. The molecular formula is C20H18ClNO3. The van der Waals surface area contributed by atoms with E-state index >= 15 is 0 Å². The maximum Gasteiger partial charge on any atom is 0.240 e. The van der Waals surface area contributed by atoms with E-state index in [1.54, 1.807) is 13.2 Å². The van der Waals surface area contributed by atoms with E-state index in [-0.39, 0.29) is 24.8 Å². The predicted molar refractivity (Wildman–Crippen MR) is 94.6 cm³/mol. The number of aryl methyl sites for hydroxylation is 1. The van der Waals surface area contributed by atoms with Gasteiger partial charge in [-0.05, 0) is 35.6 Å². The van der Waals surface area contributed by atoms with Gasteiger partial charge in [-0.15, -0.1) is 0 Å². The van der Waals surface area contributed by atoms with Crippen LogP contribution in [0.1, 0.15) is 29.5 Å². The maximum absolute atomic E-state index is 13.2. The number of carbonyl (C=O) groups is 2. The number of likely N-dealkylation sites (tertiary alicyclic amines) is 1. The summed E-state index contributed by atoms with van der Waals surface area (Å²) in [6, 6.07) is 13.3. The van der Waals surface area contributed by atoms with Crippen LogP contribution in [-0.2, 0) is 28.0 Å². The Morgan fingerprint density at radius 1 is 1.16 bits per heavy atom. The zero-order valence-electron chi connectivity index (χ0n) is 13.9. The van der Waals surface area contributed by atoms with Gasteiger partial charge in [-0.2, -0.15) is 0 Å². The predicted octanol–water partition coefficient (Wildman–Crippen LogP) is 3.49. The second-order valence-electron chi connectivity index (χ2n) is 6.63. The minimum Gasteiger partial charge on any atom is -0.495 e.